The Labute approximate surface area is 141 Å². The summed E-state index contributed by atoms with van der Waals surface area (Å²) in [5, 5.41) is 10.7. The molecule has 1 aliphatic heterocycles. The number of amides is 1. The van der Waals surface area contributed by atoms with Gasteiger partial charge in [-0.2, -0.15) is 0 Å². The molecule has 2 heterocycles. The molecule has 5 nitrogen and oxygen atoms in total. The number of carboxylic acids is 1. The molecule has 0 unspecified atom stereocenters. The molecule has 1 saturated heterocycles. The van der Waals surface area contributed by atoms with Gasteiger partial charge >= 0.3 is 0 Å². The number of carbonyl (C=O) groups is 2. The number of nitrogens with zero attached hydrogens (tertiary/aromatic N) is 1. The molecule has 2 aromatic rings. The second kappa shape index (κ2) is 6.02. The largest absolute Gasteiger partial charge is 0.545 e. The predicted octanol–water partition coefficient (Wildman–Crippen LogP) is 2.14. The third-order valence-corrected chi connectivity index (χ3v) is 4.78. The van der Waals surface area contributed by atoms with Crippen LogP contribution in [-0.2, 0) is 4.79 Å². The summed E-state index contributed by atoms with van der Waals surface area (Å²) in [5.41, 5.74) is 0.838. The number of aromatic carboxylic acids is 1. The first-order chi connectivity index (χ1) is 11.0. The Kier molecular flexibility index (Phi) is 4.06. The zero-order valence-corrected chi connectivity index (χ0v) is 13.6. The highest BCUT2D eigenvalue weighted by molar-refractivity contribution is 8.26. The summed E-state index contributed by atoms with van der Waals surface area (Å²) in [6, 6.07) is 9.68. The van der Waals surface area contributed by atoms with Crippen molar-refractivity contribution in [3.8, 4) is 11.3 Å². The highest BCUT2D eigenvalue weighted by atomic mass is 32.2. The first-order valence-corrected chi connectivity index (χ1v) is 7.81. The van der Waals surface area contributed by atoms with E-state index in [-0.39, 0.29) is 11.5 Å². The van der Waals surface area contributed by atoms with Crippen LogP contribution in [-0.4, -0.2) is 28.1 Å². The van der Waals surface area contributed by atoms with Crippen molar-refractivity contribution in [1.29, 1.82) is 0 Å². The molecule has 1 aliphatic rings. The number of thioether (sulfide) groups is 1. The van der Waals surface area contributed by atoms with Crippen LogP contribution in [0.25, 0.3) is 17.4 Å². The standard InChI is InChI=1S/C16H11NO4S2/c1-17-14(18)13(23-16(17)22)8-11-6-7-12(21-11)9-2-4-10(5-3-9)15(19)20/h2-8H,1H3,(H,19,20)/p-1/b13-8+. The summed E-state index contributed by atoms with van der Waals surface area (Å²) in [5.74, 6) is -0.277. The van der Waals surface area contributed by atoms with E-state index in [0.29, 0.717) is 20.7 Å². The van der Waals surface area contributed by atoms with Crippen molar-refractivity contribution in [1.82, 2.24) is 4.90 Å². The van der Waals surface area contributed by atoms with E-state index in [2.05, 4.69) is 0 Å². The third-order valence-electron chi connectivity index (χ3n) is 3.29. The smallest absolute Gasteiger partial charge is 0.266 e. The van der Waals surface area contributed by atoms with Gasteiger partial charge in [0, 0.05) is 18.7 Å². The topological polar surface area (TPSA) is 73.6 Å². The van der Waals surface area contributed by atoms with Crippen LogP contribution in [0.15, 0.2) is 45.7 Å². The second-order valence-electron chi connectivity index (χ2n) is 4.81. The summed E-state index contributed by atoms with van der Waals surface area (Å²) in [4.78, 5) is 24.6. The predicted molar refractivity (Wildman–Crippen MR) is 89.4 cm³/mol. The van der Waals surface area contributed by atoms with E-state index in [0.717, 1.165) is 5.56 Å². The first-order valence-electron chi connectivity index (χ1n) is 6.59. The van der Waals surface area contributed by atoms with Gasteiger partial charge in [0.1, 0.15) is 15.8 Å². The molecule has 1 aromatic carbocycles. The van der Waals surface area contributed by atoms with Crippen LogP contribution in [0.5, 0.6) is 0 Å². The van der Waals surface area contributed by atoms with E-state index < -0.39 is 5.97 Å². The average Bonchev–Trinajstić information content (AvgIpc) is 3.09. The number of carboxylic acid groups (broad SMARTS) is 1. The molecule has 1 aromatic heterocycles. The molecule has 1 amide bonds. The maximum absolute atomic E-state index is 11.9. The van der Waals surface area contributed by atoms with Crippen molar-refractivity contribution >= 4 is 46.3 Å². The fraction of sp³-hybridized carbons (Fsp3) is 0.0625. The lowest BCUT2D eigenvalue weighted by Gasteiger charge is -2.03. The Hall–Kier alpha value is -2.38. The number of carbonyl (C=O) groups excluding carboxylic acids is 2. The summed E-state index contributed by atoms with van der Waals surface area (Å²) in [7, 11) is 1.63. The van der Waals surface area contributed by atoms with Crippen molar-refractivity contribution in [2.24, 2.45) is 0 Å². The van der Waals surface area contributed by atoms with Crippen molar-refractivity contribution < 1.29 is 19.1 Å². The maximum atomic E-state index is 11.9. The zero-order chi connectivity index (χ0) is 16.6. The van der Waals surface area contributed by atoms with Gasteiger partial charge in [0.2, 0.25) is 0 Å². The summed E-state index contributed by atoms with van der Waals surface area (Å²) >= 11 is 6.29. The first kappa shape index (κ1) is 15.5. The van der Waals surface area contributed by atoms with E-state index in [1.807, 2.05) is 0 Å². The minimum atomic E-state index is -1.22. The molecule has 3 rings (SSSR count). The Morgan fingerprint density at radius 3 is 2.52 bits per heavy atom. The molecule has 116 valence electrons. The monoisotopic (exact) mass is 344 g/mol. The quantitative estimate of drug-likeness (QED) is 0.627. The molecule has 0 atom stereocenters. The van der Waals surface area contributed by atoms with Gasteiger partial charge in [-0.1, -0.05) is 48.2 Å². The van der Waals surface area contributed by atoms with Crippen LogP contribution in [0.2, 0.25) is 0 Å². The lowest BCUT2D eigenvalue weighted by atomic mass is 10.1. The molecule has 0 saturated carbocycles. The highest BCUT2D eigenvalue weighted by Gasteiger charge is 2.28. The SMILES string of the molecule is CN1C(=O)/C(=C\c2ccc(-c3ccc(C(=O)[O-])cc3)o2)SC1=S. The van der Waals surface area contributed by atoms with Gasteiger partial charge in [0.05, 0.1) is 10.9 Å². The second-order valence-corrected chi connectivity index (χ2v) is 6.48. The summed E-state index contributed by atoms with van der Waals surface area (Å²) < 4.78 is 6.19. The Bertz CT molecular complexity index is 836. The van der Waals surface area contributed by atoms with Gasteiger partial charge in [-0.05, 0) is 17.7 Å². The number of hydrogen-bond donors (Lipinski definition) is 0. The molecule has 0 radical (unpaired) electrons. The highest BCUT2D eigenvalue weighted by Crippen LogP contribution is 2.32. The van der Waals surface area contributed by atoms with E-state index >= 15 is 0 Å². The molecule has 23 heavy (non-hydrogen) atoms. The van der Waals surface area contributed by atoms with E-state index in [9.17, 15) is 14.7 Å². The normalized spacial score (nSPS) is 16.4. The van der Waals surface area contributed by atoms with Crippen LogP contribution in [0.3, 0.4) is 0 Å². The number of rotatable bonds is 3. The van der Waals surface area contributed by atoms with Crippen LogP contribution < -0.4 is 5.11 Å². The van der Waals surface area contributed by atoms with Crippen LogP contribution in [0, 0.1) is 0 Å². The number of hydrogen-bond acceptors (Lipinski definition) is 6. The van der Waals surface area contributed by atoms with Crippen LogP contribution >= 0.6 is 24.0 Å². The van der Waals surface area contributed by atoms with Crippen LogP contribution in [0.1, 0.15) is 16.1 Å². The summed E-state index contributed by atoms with van der Waals surface area (Å²) in [6.45, 7) is 0. The fourth-order valence-corrected chi connectivity index (χ4v) is 3.19. The van der Waals surface area contributed by atoms with Crippen molar-refractivity contribution in [2.75, 3.05) is 7.05 Å². The maximum Gasteiger partial charge on any atom is 0.266 e. The minimum absolute atomic E-state index is 0.104. The van der Waals surface area contributed by atoms with Gasteiger partial charge in [0.15, 0.2) is 0 Å². The van der Waals surface area contributed by atoms with E-state index in [1.54, 1.807) is 37.4 Å². The van der Waals surface area contributed by atoms with Crippen molar-refractivity contribution in [3.05, 3.63) is 52.6 Å². The number of thiocarbonyl (C=S) groups is 1. The lowest BCUT2D eigenvalue weighted by molar-refractivity contribution is -0.255. The van der Waals surface area contributed by atoms with Crippen LogP contribution in [0.4, 0.5) is 0 Å². The Balaban J connectivity index is 1.85. The minimum Gasteiger partial charge on any atom is -0.545 e. The van der Waals surface area contributed by atoms with Crippen molar-refractivity contribution in [3.63, 3.8) is 0 Å². The van der Waals surface area contributed by atoms with Gasteiger partial charge in [-0.15, -0.1) is 0 Å². The van der Waals surface area contributed by atoms with Gasteiger partial charge in [0.25, 0.3) is 5.91 Å². The fourth-order valence-electron chi connectivity index (χ4n) is 2.03. The molecule has 0 aliphatic carbocycles. The van der Waals surface area contributed by atoms with Gasteiger partial charge < -0.3 is 14.3 Å². The Morgan fingerprint density at radius 2 is 1.96 bits per heavy atom. The molecule has 0 spiro atoms. The molecule has 7 heteroatoms. The molecular weight excluding hydrogens is 334 g/mol. The zero-order valence-electron chi connectivity index (χ0n) is 11.9. The molecule has 1 fully saturated rings. The van der Waals surface area contributed by atoms with Crippen molar-refractivity contribution in [2.45, 2.75) is 0 Å². The average molecular weight is 344 g/mol. The lowest BCUT2D eigenvalue weighted by Crippen LogP contribution is -2.22. The Morgan fingerprint density at radius 1 is 1.26 bits per heavy atom. The molecule has 0 N–H and O–H groups in total. The number of benzene rings is 1. The molecule has 0 bridgehead atoms. The van der Waals surface area contributed by atoms with E-state index in [4.69, 9.17) is 16.6 Å². The van der Waals surface area contributed by atoms with Gasteiger partial charge in [-0.25, -0.2) is 0 Å². The van der Waals surface area contributed by atoms with Gasteiger partial charge in [-0.3, -0.25) is 9.69 Å². The molecular formula is C16H10NO4S2-. The number of furan rings is 1. The third kappa shape index (κ3) is 3.06. The van der Waals surface area contributed by atoms with E-state index in [1.165, 1.54) is 28.8 Å². The number of likely N-dealkylation sites (N-methyl/N-ethyl adjacent to an activating group) is 1. The summed E-state index contributed by atoms with van der Waals surface area (Å²) in [6.07, 6.45) is 1.64.